The highest BCUT2D eigenvalue weighted by molar-refractivity contribution is 5.98. The summed E-state index contributed by atoms with van der Waals surface area (Å²) in [6.45, 7) is 5.48. The maximum absolute atomic E-state index is 12.6. The zero-order valence-corrected chi connectivity index (χ0v) is 14.6. The summed E-state index contributed by atoms with van der Waals surface area (Å²) in [5.41, 5.74) is 3.09. The summed E-state index contributed by atoms with van der Waals surface area (Å²) in [6.07, 6.45) is 2.39. The van der Waals surface area contributed by atoms with Crippen molar-refractivity contribution in [3.05, 3.63) is 52.8 Å². The number of hydrogen-bond donors (Lipinski definition) is 0. The van der Waals surface area contributed by atoms with Crippen LogP contribution in [-0.2, 0) is 11.3 Å². The van der Waals surface area contributed by atoms with Gasteiger partial charge in [-0.25, -0.2) is 0 Å². The van der Waals surface area contributed by atoms with Crippen LogP contribution in [0.15, 0.2) is 30.3 Å². The molecule has 1 atom stereocenters. The number of carbonyl (C=O) groups excluding carboxylic acids is 1. The van der Waals surface area contributed by atoms with Crippen LogP contribution in [0.4, 0.5) is 0 Å². The van der Waals surface area contributed by atoms with Crippen molar-refractivity contribution in [2.75, 3.05) is 13.2 Å². The van der Waals surface area contributed by atoms with E-state index < -0.39 is 0 Å². The number of nitriles is 1. The Morgan fingerprint density at radius 3 is 2.92 bits per heavy atom. The van der Waals surface area contributed by atoms with Crippen LogP contribution in [0.25, 0.3) is 0 Å². The number of rotatable bonds is 6. The number of Topliss-reactive ketones (excluding diaryl/α,β-unsaturated/α-hetero) is 1. The summed E-state index contributed by atoms with van der Waals surface area (Å²) in [4.78, 5) is 12.6. The number of hydrogen-bond acceptors (Lipinski definition) is 4. The summed E-state index contributed by atoms with van der Waals surface area (Å²) in [7, 11) is 0. The first-order chi connectivity index (χ1) is 12.1. The number of aromatic nitrogens is 1. The Kier molecular flexibility index (Phi) is 5.20. The fraction of sp³-hybridized carbons (Fsp3) is 0.400. The third-order valence-electron chi connectivity index (χ3n) is 4.65. The minimum absolute atomic E-state index is 0.0804. The van der Waals surface area contributed by atoms with Gasteiger partial charge in [-0.1, -0.05) is 12.1 Å². The Morgan fingerprint density at radius 1 is 1.40 bits per heavy atom. The molecule has 1 aliphatic heterocycles. The monoisotopic (exact) mass is 338 g/mol. The van der Waals surface area contributed by atoms with E-state index in [1.54, 1.807) is 24.3 Å². The molecular weight excluding hydrogens is 316 g/mol. The Morgan fingerprint density at radius 2 is 2.20 bits per heavy atom. The summed E-state index contributed by atoms with van der Waals surface area (Å²) in [5, 5.41) is 9.09. The molecule has 0 amide bonds. The molecule has 5 heteroatoms. The first-order valence-electron chi connectivity index (χ1n) is 8.53. The molecule has 5 nitrogen and oxygen atoms in total. The third-order valence-corrected chi connectivity index (χ3v) is 4.65. The average Bonchev–Trinajstić information content (AvgIpc) is 3.23. The second-order valence-electron chi connectivity index (χ2n) is 6.35. The molecule has 3 rings (SSSR count). The molecule has 1 aliphatic rings. The molecule has 0 N–H and O–H groups in total. The molecule has 0 saturated carbocycles. The van der Waals surface area contributed by atoms with Gasteiger partial charge in [-0.2, -0.15) is 5.26 Å². The lowest BCUT2D eigenvalue weighted by atomic mass is 10.1. The van der Waals surface area contributed by atoms with Gasteiger partial charge in [0.2, 0.25) is 5.78 Å². The smallest absolute Gasteiger partial charge is 0.202 e. The summed E-state index contributed by atoms with van der Waals surface area (Å²) in [6, 6.07) is 10.9. The van der Waals surface area contributed by atoms with Crippen LogP contribution in [0.5, 0.6) is 5.75 Å². The molecule has 0 unspecified atom stereocenters. The van der Waals surface area contributed by atoms with Crippen molar-refractivity contribution in [3.8, 4) is 11.8 Å². The van der Waals surface area contributed by atoms with Gasteiger partial charge in [0.25, 0.3) is 0 Å². The van der Waals surface area contributed by atoms with Crippen molar-refractivity contribution in [2.45, 2.75) is 39.3 Å². The number of para-hydroxylation sites is 1. The molecular formula is C20H22N2O3. The van der Waals surface area contributed by atoms with Crippen LogP contribution >= 0.6 is 0 Å². The second kappa shape index (κ2) is 7.54. The molecule has 0 aliphatic carbocycles. The van der Waals surface area contributed by atoms with Crippen molar-refractivity contribution in [1.82, 2.24) is 4.57 Å². The number of aryl methyl sites for hydroxylation is 1. The number of ether oxygens (including phenoxy) is 2. The van der Waals surface area contributed by atoms with Gasteiger partial charge >= 0.3 is 0 Å². The van der Waals surface area contributed by atoms with Gasteiger partial charge in [0.1, 0.15) is 11.8 Å². The number of benzene rings is 1. The van der Waals surface area contributed by atoms with Crippen molar-refractivity contribution < 1.29 is 14.3 Å². The number of nitrogens with zero attached hydrogens (tertiary/aromatic N) is 2. The molecule has 130 valence electrons. The normalized spacial score (nSPS) is 16.6. The van der Waals surface area contributed by atoms with Crippen LogP contribution in [0.1, 0.15) is 40.2 Å². The van der Waals surface area contributed by atoms with Crippen LogP contribution in [0.3, 0.4) is 0 Å². The lowest BCUT2D eigenvalue weighted by molar-refractivity contribution is 0.0914. The van der Waals surface area contributed by atoms with Crippen molar-refractivity contribution in [2.24, 2.45) is 0 Å². The molecule has 0 radical (unpaired) electrons. The maximum Gasteiger partial charge on any atom is 0.202 e. The van der Waals surface area contributed by atoms with E-state index in [0.717, 1.165) is 37.4 Å². The third kappa shape index (κ3) is 3.75. The lowest BCUT2D eigenvalue weighted by Gasteiger charge is -2.14. The van der Waals surface area contributed by atoms with Crippen LogP contribution in [0.2, 0.25) is 0 Å². The molecule has 2 aromatic rings. The molecule has 1 fully saturated rings. The van der Waals surface area contributed by atoms with E-state index in [1.165, 1.54) is 0 Å². The summed E-state index contributed by atoms with van der Waals surface area (Å²) >= 11 is 0. The van der Waals surface area contributed by atoms with E-state index in [4.69, 9.17) is 14.7 Å². The maximum atomic E-state index is 12.6. The number of ketones is 1. The van der Waals surface area contributed by atoms with Gasteiger partial charge in [-0.05, 0) is 44.9 Å². The van der Waals surface area contributed by atoms with Gasteiger partial charge in [0.05, 0.1) is 11.7 Å². The predicted octanol–water partition coefficient (Wildman–Crippen LogP) is 3.42. The second-order valence-corrected chi connectivity index (χ2v) is 6.35. The van der Waals surface area contributed by atoms with E-state index >= 15 is 0 Å². The molecule has 2 heterocycles. The van der Waals surface area contributed by atoms with Crippen LogP contribution in [0, 0.1) is 25.2 Å². The zero-order chi connectivity index (χ0) is 17.8. The zero-order valence-electron chi connectivity index (χ0n) is 14.6. The van der Waals surface area contributed by atoms with Crippen LogP contribution in [-0.4, -0.2) is 29.7 Å². The molecule has 1 aromatic carbocycles. The van der Waals surface area contributed by atoms with Crippen LogP contribution < -0.4 is 4.74 Å². The summed E-state index contributed by atoms with van der Waals surface area (Å²) < 4.78 is 13.4. The largest absolute Gasteiger partial charge is 0.484 e. The highest BCUT2D eigenvalue weighted by Crippen LogP contribution is 2.22. The van der Waals surface area contributed by atoms with E-state index in [1.807, 2.05) is 19.9 Å². The van der Waals surface area contributed by atoms with E-state index in [0.29, 0.717) is 16.9 Å². The highest BCUT2D eigenvalue weighted by Gasteiger charge is 2.21. The van der Waals surface area contributed by atoms with E-state index in [-0.39, 0.29) is 18.5 Å². The molecule has 25 heavy (non-hydrogen) atoms. The van der Waals surface area contributed by atoms with Crippen molar-refractivity contribution >= 4 is 5.78 Å². The Labute approximate surface area is 147 Å². The van der Waals surface area contributed by atoms with E-state index in [9.17, 15) is 4.79 Å². The minimum atomic E-state index is -0.0839. The topological polar surface area (TPSA) is 64.2 Å². The standard InChI is InChI=1S/C20H22N2O3/c1-14-10-18(15(2)22(14)12-17-7-5-9-24-17)19(23)13-25-20-8-4-3-6-16(20)11-21/h3-4,6,8,10,17H,5,7,9,12-13H2,1-2H3/t17-/m1/s1. The van der Waals surface area contributed by atoms with E-state index in [2.05, 4.69) is 10.6 Å². The highest BCUT2D eigenvalue weighted by atomic mass is 16.5. The first-order valence-corrected chi connectivity index (χ1v) is 8.53. The molecule has 0 bridgehead atoms. The average molecular weight is 338 g/mol. The van der Waals surface area contributed by atoms with Crippen molar-refractivity contribution in [3.63, 3.8) is 0 Å². The SMILES string of the molecule is Cc1cc(C(=O)COc2ccccc2C#N)c(C)n1C[C@H]1CCCO1. The molecule has 1 saturated heterocycles. The molecule has 1 aromatic heterocycles. The van der Waals surface area contributed by atoms with Gasteiger partial charge in [-0.15, -0.1) is 0 Å². The van der Waals surface area contributed by atoms with Gasteiger partial charge < -0.3 is 14.0 Å². The Hall–Kier alpha value is -2.58. The Bertz CT molecular complexity index is 811. The first kappa shape index (κ1) is 17.2. The van der Waals surface area contributed by atoms with Crippen molar-refractivity contribution in [1.29, 1.82) is 5.26 Å². The van der Waals surface area contributed by atoms with Gasteiger partial charge in [0.15, 0.2) is 6.61 Å². The fourth-order valence-electron chi connectivity index (χ4n) is 3.26. The predicted molar refractivity (Wildman–Crippen MR) is 93.9 cm³/mol. The quantitative estimate of drug-likeness (QED) is 0.757. The van der Waals surface area contributed by atoms with Gasteiger partial charge in [-0.3, -0.25) is 4.79 Å². The Balaban J connectivity index is 1.71. The summed E-state index contributed by atoms with van der Waals surface area (Å²) in [5.74, 6) is 0.353. The van der Waals surface area contributed by atoms with Gasteiger partial charge in [0, 0.05) is 30.1 Å². The number of carbonyl (C=O) groups is 1. The minimum Gasteiger partial charge on any atom is -0.484 e. The lowest BCUT2D eigenvalue weighted by Crippen LogP contribution is -2.18. The molecule has 0 spiro atoms. The fourth-order valence-corrected chi connectivity index (χ4v) is 3.26.